The minimum atomic E-state index is -0.996. The predicted molar refractivity (Wildman–Crippen MR) is 118 cm³/mol. The van der Waals surface area contributed by atoms with Crippen LogP contribution in [0.5, 0.6) is 0 Å². The van der Waals surface area contributed by atoms with Crippen LogP contribution in [0.1, 0.15) is 50.7 Å². The van der Waals surface area contributed by atoms with Gasteiger partial charge >= 0.3 is 0 Å². The van der Waals surface area contributed by atoms with Gasteiger partial charge in [0.15, 0.2) is 0 Å². The van der Waals surface area contributed by atoms with Gasteiger partial charge in [-0.1, -0.05) is 24.3 Å². The third-order valence-corrected chi connectivity index (χ3v) is 7.44. The molecule has 1 aromatic carbocycles. The van der Waals surface area contributed by atoms with Crippen molar-refractivity contribution in [2.45, 2.75) is 70.0 Å². The smallest absolute Gasteiger partial charge is 0.242 e. The summed E-state index contributed by atoms with van der Waals surface area (Å²) in [5.74, 6) is -0.589. The van der Waals surface area contributed by atoms with Crippen molar-refractivity contribution < 1.29 is 9.59 Å². The second-order valence-electron chi connectivity index (χ2n) is 9.91. The van der Waals surface area contributed by atoms with Crippen LogP contribution >= 0.6 is 0 Å². The molecule has 6 nitrogen and oxygen atoms in total. The molecule has 4 rings (SSSR count). The number of rotatable bonds is 5. The van der Waals surface area contributed by atoms with Crippen molar-refractivity contribution in [2.75, 3.05) is 26.2 Å². The number of piperidine rings is 2. The first-order valence-corrected chi connectivity index (χ1v) is 11.5. The lowest BCUT2D eigenvalue weighted by atomic mass is 9.92. The SMILES string of the molecule is CC(C)(NC(=O)[C@@H]1CCCN(C2CCN(C3Cc4ccccc4C3)CC2)C1)C(N)=O. The van der Waals surface area contributed by atoms with Gasteiger partial charge in [-0.05, 0) is 83.1 Å². The number of likely N-dealkylation sites (tertiary alicyclic amines) is 2. The molecule has 3 aliphatic rings. The van der Waals surface area contributed by atoms with Crippen LogP contribution in [0, 0.1) is 5.92 Å². The van der Waals surface area contributed by atoms with E-state index in [1.54, 1.807) is 13.8 Å². The molecule has 6 heteroatoms. The maximum atomic E-state index is 12.7. The van der Waals surface area contributed by atoms with Gasteiger partial charge < -0.3 is 11.1 Å². The highest BCUT2D eigenvalue weighted by Crippen LogP contribution is 2.30. The summed E-state index contributed by atoms with van der Waals surface area (Å²) in [6, 6.07) is 10.1. The van der Waals surface area contributed by atoms with Crippen molar-refractivity contribution in [1.82, 2.24) is 15.1 Å². The average molecular weight is 413 g/mol. The largest absolute Gasteiger partial charge is 0.368 e. The molecule has 2 saturated heterocycles. The standard InChI is InChI=1S/C24H36N4O2/c1-24(2,23(25)30)26-22(29)19-8-5-11-28(16-19)20-9-12-27(13-10-20)21-14-17-6-3-4-7-18(17)15-21/h3-4,6-7,19-21H,5,8-16H2,1-2H3,(H2,25,30)(H,26,29)/t19-/m1/s1. The number of primary amides is 1. The summed E-state index contributed by atoms with van der Waals surface area (Å²) in [7, 11) is 0. The van der Waals surface area contributed by atoms with Gasteiger partial charge in [-0.3, -0.25) is 19.4 Å². The highest BCUT2D eigenvalue weighted by atomic mass is 16.2. The van der Waals surface area contributed by atoms with Gasteiger partial charge in [0.25, 0.3) is 0 Å². The second kappa shape index (κ2) is 8.67. The van der Waals surface area contributed by atoms with Crippen molar-refractivity contribution in [1.29, 1.82) is 0 Å². The minimum Gasteiger partial charge on any atom is -0.368 e. The maximum absolute atomic E-state index is 12.7. The Labute approximate surface area is 180 Å². The summed E-state index contributed by atoms with van der Waals surface area (Å²) in [5, 5.41) is 2.85. The average Bonchev–Trinajstić information content (AvgIpc) is 3.18. The molecule has 3 N–H and O–H groups in total. The normalized spacial score (nSPS) is 24.5. The summed E-state index contributed by atoms with van der Waals surface area (Å²) in [6.07, 6.45) is 6.64. The van der Waals surface area contributed by atoms with E-state index in [4.69, 9.17) is 5.73 Å². The Morgan fingerprint density at radius 1 is 0.967 bits per heavy atom. The Bertz CT molecular complexity index is 760. The molecule has 0 radical (unpaired) electrons. The molecule has 30 heavy (non-hydrogen) atoms. The zero-order valence-corrected chi connectivity index (χ0v) is 18.4. The molecule has 0 saturated carbocycles. The van der Waals surface area contributed by atoms with Gasteiger partial charge in [-0.25, -0.2) is 0 Å². The highest BCUT2D eigenvalue weighted by molar-refractivity contribution is 5.90. The molecule has 1 aliphatic carbocycles. The van der Waals surface area contributed by atoms with Crippen LogP contribution in [0.25, 0.3) is 0 Å². The van der Waals surface area contributed by atoms with E-state index >= 15 is 0 Å². The van der Waals surface area contributed by atoms with Crippen LogP contribution in [0.3, 0.4) is 0 Å². The van der Waals surface area contributed by atoms with E-state index in [1.807, 2.05) is 0 Å². The molecule has 1 atom stereocenters. The molecule has 2 fully saturated rings. The number of carbonyl (C=O) groups is 2. The fraction of sp³-hybridized carbons (Fsp3) is 0.667. The Kier molecular flexibility index (Phi) is 6.16. The number of carbonyl (C=O) groups excluding carboxylic acids is 2. The molecule has 2 heterocycles. The number of nitrogens with one attached hydrogen (secondary N) is 1. The molecule has 0 unspecified atom stereocenters. The molecule has 1 aromatic rings. The summed E-state index contributed by atoms with van der Waals surface area (Å²) in [5.41, 5.74) is 7.46. The maximum Gasteiger partial charge on any atom is 0.242 e. The Hall–Kier alpha value is -1.92. The van der Waals surface area contributed by atoms with Crippen LogP contribution in [-0.2, 0) is 22.4 Å². The third kappa shape index (κ3) is 4.54. The van der Waals surface area contributed by atoms with Crippen LogP contribution in [0.4, 0.5) is 0 Å². The van der Waals surface area contributed by atoms with E-state index in [0.717, 1.165) is 39.0 Å². The lowest BCUT2D eigenvalue weighted by Gasteiger charge is -2.43. The van der Waals surface area contributed by atoms with Crippen LogP contribution in [-0.4, -0.2) is 65.4 Å². The number of benzene rings is 1. The van der Waals surface area contributed by atoms with Crippen molar-refractivity contribution >= 4 is 11.8 Å². The van der Waals surface area contributed by atoms with Gasteiger partial charge in [0.2, 0.25) is 11.8 Å². The zero-order valence-electron chi connectivity index (χ0n) is 18.4. The van der Waals surface area contributed by atoms with Gasteiger partial charge in [0, 0.05) is 18.6 Å². The topological polar surface area (TPSA) is 78.7 Å². The first-order chi connectivity index (χ1) is 14.3. The van der Waals surface area contributed by atoms with Crippen molar-refractivity contribution in [3.63, 3.8) is 0 Å². The number of fused-ring (bicyclic) bond motifs is 1. The molecule has 2 aliphatic heterocycles. The molecule has 0 aromatic heterocycles. The number of hydrogen-bond acceptors (Lipinski definition) is 4. The number of nitrogens with zero attached hydrogens (tertiary/aromatic N) is 2. The molecular formula is C24H36N4O2. The number of nitrogens with two attached hydrogens (primary N) is 1. The molecule has 0 bridgehead atoms. The first kappa shape index (κ1) is 21.3. The van der Waals surface area contributed by atoms with Crippen molar-refractivity contribution in [3.05, 3.63) is 35.4 Å². The molecule has 0 spiro atoms. The van der Waals surface area contributed by atoms with Crippen molar-refractivity contribution in [3.8, 4) is 0 Å². The quantitative estimate of drug-likeness (QED) is 0.772. The molecule has 164 valence electrons. The van der Waals surface area contributed by atoms with Crippen LogP contribution in [0.15, 0.2) is 24.3 Å². The summed E-state index contributed by atoms with van der Waals surface area (Å²) in [4.78, 5) is 29.5. The lowest BCUT2D eigenvalue weighted by molar-refractivity contribution is -0.134. The first-order valence-electron chi connectivity index (χ1n) is 11.5. The van der Waals surface area contributed by atoms with Crippen LogP contribution in [0.2, 0.25) is 0 Å². The predicted octanol–water partition coefficient (Wildman–Crippen LogP) is 1.71. The van der Waals surface area contributed by atoms with E-state index in [0.29, 0.717) is 12.1 Å². The van der Waals surface area contributed by atoms with E-state index in [2.05, 4.69) is 39.4 Å². The fourth-order valence-electron chi connectivity index (χ4n) is 5.43. The van der Waals surface area contributed by atoms with Gasteiger partial charge in [-0.2, -0.15) is 0 Å². The van der Waals surface area contributed by atoms with Gasteiger partial charge in [-0.15, -0.1) is 0 Å². The van der Waals surface area contributed by atoms with E-state index in [-0.39, 0.29) is 11.8 Å². The number of amides is 2. The van der Waals surface area contributed by atoms with E-state index < -0.39 is 11.4 Å². The Morgan fingerprint density at radius 2 is 1.60 bits per heavy atom. The Morgan fingerprint density at radius 3 is 2.20 bits per heavy atom. The van der Waals surface area contributed by atoms with Crippen molar-refractivity contribution in [2.24, 2.45) is 11.7 Å². The zero-order chi connectivity index (χ0) is 21.3. The highest BCUT2D eigenvalue weighted by Gasteiger charge is 2.36. The van der Waals surface area contributed by atoms with Gasteiger partial charge in [0.1, 0.15) is 5.54 Å². The molecule has 2 amide bonds. The summed E-state index contributed by atoms with van der Waals surface area (Å²) < 4.78 is 0. The van der Waals surface area contributed by atoms with Gasteiger partial charge in [0.05, 0.1) is 5.92 Å². The molecular weight excluding hydrogens is 376 g/mol. The monoisotopic (exact) mass is 412 g/mol. The van der Waals surface area contributed by atoms with E-state index in [1.165, 1.54) is 36.8 Å². The second-order valence-corrected chi connectivity index (χ2v) is 9.91. The van der Waals surface area contributed by atoms with Crippen LogP contribution < -0.4 is 11.1 Å². The summed E-state index contributed by atoms with van der Waals surface area (Å²) >= 11 is 0. The van der Waals surface area contributed by atoms with E-state index in [9.17, 15) is 9.59 Å². The number of hydrogen-bond donors (Lipinski definition) is 2. The Balaban J connectivity index is 1.28. The summed E-state index contributed by atoms with van der Waals surface area (Å²) in [6.45, 7) is 7.50. The minimum absolute atomic E-state index is 0.0374. The third-order valence-electron chi connectivity index (χ3n) is 7.44. The lowest BCUT2D eigenvalue weighted by Crippen LogP contribution is -2.57. The fourth-order valence-corrected chi connectivity index (χ4v) is 5.43.